The number of nitrogens with one attached hydrogen (secondary N) is 1. The van der Waals surface area contributed by atoms with Crippen LogP contribution in [0.4, 0.5) is 13.2 Å². The molecular weight excluding hydrogens is 349 g/mol. The van der Waals surface area contributed by atoms with Gasteiger partial charge in [0.05, 0.1) is 6.42 Å². The Hall–Kier alpha value is -2.45. The molecule has 1 aromatic carbocycles. The number of amides is 1. The molecule has 5 nitrogen and oxygen atoms in total. The van der Waals surface area contributed by atoms with Gasteiger partial charge in [-0.2, -0.15) is 4.39 Å². The van der Waals surface area contributed by atoms with Crippen LogP contribution >= 0.6 is 0 Å². The number of hydrogen-bond acceptors (Lipinski definition) is 4. The summed E-state index contributed by atoms with van der Waals surface area (Å²) in [6.45, 7) is 0.538. The molecule has 1 aliphatic heterocycles. The summed E-state index contributed by atoms with van der Waals surface area (Å²) in [6, 6.07) is 4.76. The first kappa shape index (κ1) is 18.3. The van der Waals surface area contributed by atoms with Gasteiger partial charge in [-0.05, 0) is 42.7 Å². The maximum atomic E-state index is 14.3. The van der Waals surface area contributed by atoms with E-state index in [9.17, 15) is 18.0 Å². The van der Waals surface area contributed by atoms with Gasteiger partial charge in [0.25, 0.3) is 0 Å². The van der Waals surface area contributed by atoms with E-state index in [1.54, 1.807) is 0 Å². The van der Waals surface area contributed by atoms with Gasteiger partial charge in [0.2, 0.25) is 11.9 Å². The third-order valence-corrected chi connectivity index (χ3v) is 3.99. The number of rotatable bonds is 5. The van der Waals surface area contributed by atoms with Crippen LogP contribution in [0, 0.1) is 17.6 Å². The van der Waals surface area contributed by atoms with Crippen molar-refractivity contribution in [2.75, 3.05) is 6.61 Å². The molecule has 1 aromatic heterocycles. The van der Waals surface area contributed by atoms with Crippen LogP contribution in [0.2, 0.25) is 0 Å². The highest BCUT2D eigenvalue weighted by Gasteiger charge is 2.19. The van der Waals surface area contributed by atoms with Gasteiger partial charge in [-0.1, -0.05) is 0 Å². The zero-order valence-electron chi connectivity index (χ0n) is 13.8. The Morgan fingerprint density at radius 1 is 1.27 bits per heavy atom. The monoisotopic (exact) mass is 366 g/mol. The van der Waals surface area contributed by atoms with E-state index >= 15 is 0 Å². The van der Waals surface area contributed by atoms with Crippen molar-refractivity contribution in [2.45, 2.75) is 32.0 Å². The van der Waals surface area contributed by atoms with Crippen LogP contribution in [0.1, 0.15) is 24.8 Å². The van der Waals surface area contributed by atoms with Gasteiger partial charge in [0, 0.05) is 30.4 Å². The number of aromatic nitrogens is 1. The molecule has 0 bridgehead atoms. The quantitative estimate of drug-likeness (QED) is 0.652. The highest BCUT2D eigenvalue weighted by Crippen LogP contribution is 2.26. The second kappa shape index (κ2) is 8.29. The van der Waals surface area contributed by atoms with Gasteiger partial charge in [0.15, 0.2) is 6.29 Å². The fraction of sp³-hybridized carbons (Fsp3) is 0.333. The van der Waals surface area contributed by atoms with Crippen molar-refractivity contribution >= 4 is 5.91 Å². The average Bonchev–Trinajstić information content (AvgIpc) is 2.64. The molecule has 0 saturated carbocycles. The normalized spacial score (nSPS) is 17.1. The largest absolute Gasteiger partial charge is 0.350 e. The summed E-state index contributed by atoms with van der Waals surface area (Å²) in [5.41, 5.74) is 1.69. The summed E-state index contributed by atoms with van der Waals surface area (Å²) in [6.07, 6.45) is 2.59. The third-order valence-electron chi connectivity index (χ3n) is 3.99. The lowest BCUT2D eigenvalue weighted by Gasteiger charge is -2.22. The van der Waals surface area contributed by atoms with Crippen molar-refractivity contribution in [1.29, 1.82) is 0 Å². The van der Waals surface area contributed by atoms with E-state index in [0.29, 0.717) is 13.0 Å². The Bertz CT molecular complexity index is 772. The predicted molar refractivity (Wildman–Crippen MR) is 86.1 cm³/mol. The van der Waals surface area contributed by atoms with E-state index in [0.717, 1.165) is 25.0 Å². The van der Waals surface area contributed by atoms with Crippen molar-refractivity contribution in [2.24, 2.45) is 0 Å². The minimum Gasteiger partial charge on any atom is -0.350 e. The first-order chi connectivity index (χ1) is 12.5. The zero-order valence-corrected chi connectivity index (χ0v) is 13.8. The van der Waals surface area contributed by atoms with E-state index < -0.39 is 41.8 Å². The van der Waals surface area contributed by atoms with Gasteiger partial charge >= 0.3 is 0 Å². The molecule has 1 amide bonds. The SMILES string of the molecule is O=C(Cc1c(F)cc(-c2cccnc2F)cc1F)NO[C@@H]1CCCCO1. The van der Waals surface area contributed by atoms with Gasteiger partial charge < -0.3 is 4.74 Å². The summed E-state index contributed by atoms with van der Waals surface area (Å²) in [5, 5.41) is 0. The molecule has 2 heterocycles. The molecule has 26 heavy (non-hydrogen) atoms. The molecular formula is C18H17F3N2O3. The summed E-state index contributed by atoms with van der Waals surface area (Å²) in [5.74, 6) is -3.45. The second-order valence-electron chi connectivity index (χ2n) is 5.88. The van der Waals surface area contributed by atoms with Crippen molar-refractivity contribution in [3.05, 3.63) is 53.6 Å². The third kappa shape index (κ3) is 4.39. The molecule has 1 atom stereocenters. The van der Waals surface area contributed by atoms with Crippen LogP contribution in [0.5, 0.6) is 0 Å². The number of hydrogen-bond donors (Lipinski definition) is 1. The number of pyridine rings is 1. The van der Waals surface area contributed by atoms with E-state index in [4.69, 9.17) is 9.57 Å². The number of carbonyl (C=O) groups is 1. The molecule has 0 unspecified atom stereocenters. The fourth-order valence-electron chi connectivity index (χ4n) is 2.66. The first-order valence-corrected chi connectivity index (χ1v) is 8.19. The minimum absolute atomic E-state index is 0.00149. The van der Waals surface area contributed by atoms with Crippen molar-refractivity contribution in [3.63, 3.8) is 0 Å². The number of carbonyl (C=O) groups excluding carboxylic acids is 1. The molecule has 1 aliphatic rings. The summed E-state index contributed by atoms with van der Waals surface area (Å²) >= 11 is 0. The van der Waals surface area contributed by atoms with Crippen molar-refractivity contribution < 1.29 is 27.5 Å². The second-order valence-corrected chi connectivity index (χ2v) is 5.88. The van der Waals surface area contributed by atoms with Gasteiger partial charge in [-0.15, -0.1) is 0 Å². The number of ether oxygens (including phenoxy) is 1. The molecule has 1 saturated heterocycles. The van der Waals surface area contributed by atoms with Gasteiger partial charge in [-0.3, -0.25) is 4.79 Å². The lowest BCUT2D eigenvalue weighted by atomic mass is 10.0. The maximum absolute atomic E-state index is 14.3. The zero-order chi connectivity index (χ0) is 18.5. The Morgan fingerprint density at radius 2 is 2.04 bits per heavy atom. The van der Waals surface area contributed by atoms with E-state index in [-0.39, 0.29) is 11.1 Å². The number of halogens is 3. The van der Waals surface area contributed by atoms with Crippen LogP contribution in [-0.4, -0.2) is 23.8 Å². The van der Waals surface area contributed by atoms with Crippen LogP contribution < -0.4 is 5.48 Å². The van der Waals surface area contributed by atoms with Crippen LogP contribution in [0.25, 0.3) is 11.1 Å². The lowest BCUT2D eigenvalue weighted by Crippen LogP contribution is -2.34. The molecule has 3 rings (SSSR count). The van der Waals surface area contributed by atoms with Crippen molar-refractivity contribution in [3.8, 4) is 11.1 Å². The predicted octanol–water partition coefficient (Wildman–Crippen LogP) is 3.28. The van der Waals surface area contributed by atoms with Crippen LogP contribution in [0.15, 0.2) is 30.5 Å². The molecule has 0 aliphatic carbocycles. The topological polar surface area (TPSA) is 60.5 Å². The molecule has 0 radical (unpaired) electrons. The molecule has 1 fully saturated rings. The summed E-state index contributed by atoms with van der Waals surface area (Å²) in [7, 11) is 0. The maximum Gasteiger partial charge on any atom is 0.248 e. The lowest BCUT2D eigenvalue weighted by molar-refractivity contribution is -0.200. The molecule has 8 heteroatoms. The Morgan fingerprint density at radius 3 is 2.69 bits per heavy atom. The highest BCUT2D eigenvalue weighted by molar-refractivity contribution is 5.78. The van der Waals surface area contributed by atoms with Gasteiger partial charge in [0.1, 0.15) is 11.6 Å². The van der Waals surface area contributed by atoms with E-state index in [1.165, 1.54) is 18.3 Å². The Labute approximate surface area is 148 Å². The first-order valence-electron chi connectivity index (χ1n) is 8.19. The molecule has 0 spiro atoms. The van der Waals surface area contributed by atoms with Crippen molar-refractivity contribution in [1.82, 2.24) is 10.5 Å². The average molecular weight is 366 g/mol. The molecule has 2 aromatic rings. The standard InChI is InChI=1S/C18H17F3N2O3/c19-14-8-11(12-4-3-6-22-18(12)21)9-15(20)13(14)10-16(24)23-26-17-5-1-2-7-25-17/h3-4,6,8-9,17H,1-2,5,7,10H2,(H,23,24)/t17-/m1/s1. The van der Waals surface area contributed by atoms with Gasteiger partial charge in [-0.25, -0.2) is 24.1 Å². The van der Waals surface area contributed by atoms with E-state index in [1.807, 2.05) is 0 Å². The summed E-state index contributed by atoms with van der Waals surface area (Å²) in [4.78, 5) is 20.4. The Balaban J connectivity index is 1.68. The number of nitrogens with zero attached hydrogens (tertiary/aromatic N) is 1. The van der Waals surface area contributed by atoms with Crippen LogP contribution in [-0.2, 0) is 20.8 Å². The summed E-state index contributed by atoms with van der Waals surface area (Å²) < 4.78 is 47.5. The number of benzene rings is 1. The van der Waals surface area contributed by atoms with E-state index in [2.05, 4.69) is 10.5 Å². The smallest absolute Gasteiger partial charge is 0.248 e. The molecule has 138 valence electrons. The Kier molecular flexibility index (Phi) is 5.85. The molecule has 1 N–H and O–H groups in total. The minimum atomic E-state index is -0.952. The van der Waals surface area contributed by atoms with Crippen LogP contribution in [0.3, 0.4) is 0 Å². The highest BCUT2D eigenvalue weighted by atomic mass is 19.1. The fourth-order valence-corrected chi connectivity index (χ4v) is 2.66. The number of hydroxylamine groups is 1.